The molecule has 0 saturated carbocycles. The monoisotopic (exact) mass is 424 g/mol. The summed E-state index contributed by atoms with van der Waals surface area (Å²) in [6.07, 6.45) is -0.00223. The van der Waals surface area contributed by atoms with Crippen LogP contribution in [0.15, 0.2) is 54.6 Å². The van der Waals surface area contributed by atoms with Gasteiger partial charge in [0, 0.05) is 29.7 Å². The van der Waals surface area contributed by atoms with Gasteiger partial charge in [-0.2, -0.15) is 0 Å². The second-order valence-electron chi connectivity index (χ2n) is 7.48. The second kappa shape index (κ2) is 8.83. The molecule has 158 valence electrons. The van der Waals surface area contributed by atoms with Gasteiger partial charge in [-0.25, -0.2) is 12.7 Å². The van der Waals surface area contributed by atoms with E-state index in [-0.39, 0.29) is 37.6 Å². The van der Waals surface area contributed by atoms with Crippen LogP contribution in [-0.2, 0) is 21.4 Å². The number of sulfonamides is 1. The van der Waals surface area contributed by atoms with Gasteiger partial charge in [0.05, 0.1) is 22.5 Å². The summed E-state index contributed by atoms with van der Waals surface area (Å²) in [4.78, 5) is 1.10. The third-order valence-corrected chi connectivity index (χ3v) is 7.19. The maximum Gasteiger partial charge on any atom is 0.218 e. The minimum Gasteiger partial charge on any atom is -0.497 e. The van der Waals surface area contributed by atoms with Crippen molar-refractivity contribution in [3.8, 4) is 5.75 Å². The molecule has 2 aromatic rings. The van der Waals surface area contributed by atoms with E-state index in [1.807, 2.05) is 0 Å². The zero-order valence-corrected chi connectivity index (χ0v) is 17.1. The van der Waals surface area contributed by atoms with Crippen molar-refractivity contribution in [3.63, 3.8) is 0 Å². The Morgan fingerprint density at radius 1 is 1.28 bits per heavy atom. The van der Waals surface area contributed by atoms with Gasteiger partial charge in [-0.1, -0.05) is 42.5 Å². The Bertz CT molecular complexity index is 1110. The van der Waals surface area contributed by atoms with Gasteiger partial charge in [-0.15, -0.1) is 0 Å². The Hall–Kier alpha value is -1.93. The second-order valence-corrected chi connectivity index (χ2v) is 9.45. The van der Waals surface area contributed by atoms with E-state index in [0.29, 0.717) is 11.1 Å². The molecule has 29 heavy (non-hydrogen) atoms. The maximum atomic E-state index is 13.2. The molecule has 1 heterocycles. The van der Waals surface area contributed by atoms with Gasteiger partial charge in [0.1, 0.15) is 5.75 Å². The number of ether oxygens (including phenoxy) is 1. The van der Waals surface area contributed by atoms with Crippen LogP contribution in [0.5, 0.6) is 5.75 Å². The van der Waals surface area contributed by atoms with Crippen LogP contribution in [0.2, 0.25) is 0 Å². The van der Waals surface area contributed by atoms with Crippen molar-refractivity contribution in [2.24, 2.45) is 5.92 Å². The van der Waals surface area contributed by atoms with Crippen LogP contribution in [0.3, 0.4) is 0 Å². The molecule has 0 aliphatic carbocycles. The number of hydrogen-bond donors (Lipinski definition) is 1. The topological polar surface area (TPSA) is 70.1 Å². The summed E-state index contributed by atoms with van der Waals surface area (Å²) in [5.74, 6) is -0.996. The lowest BCUT2D eigenvalue weighted by Gasteiger charge is -2.45. The molecule has 6 nitrogen and oxygen atoms in total. The number of rotatable bonds is 7. The Morgan fingerprint density at radius 2 is 2.07 bits per heavy atom. The van der Waals surface area contributed by atoms with E-state index in [2.05, 4.69) is 0 Å². The maximum absolute atomic E-state index is 13.2. The lowest BCUT2D eigenvalue weighted by atomic mass is 9.76. The fraction of sp³-hybridized carbons (Fsp3) is 0.455. The molecule has 2 unspecified atom stereocenters. The third-order valence-electron chi connectivity index (χ3n) is 5.37. The molecule has 1 aliphatic rings. The minimum absolute atomic E-state index is 0.00223. The summed E-state index contributed by atoms with van der Waals surface area (Å²) in [6, 6.07) is 14.7. The molecule has 3 rings (SSSR count). The lowest BCUT2D eigenvalue weighted by Crippen LogP contribution is -2.54. The molecule has 1 aliphatic heterocycles. The van der Waals surface area contributed by atoms with Crippen molar-refractivity contribution < 1.29 is 26.5 Å². The Morgan fingerprint density at radius 3 is 2.79 bits per heavy atom. The number of piperidine rings is 1. The van der Waals surface area contributed by atoms with Gasteiger partial charge < -0.3 is 14.7 Å². The van der Waals surface area contributed by atoms with E-state index in [4.69, 9.17) is 13.0 Å². The first-order valence-electron chi connectivity index (χ1n) is 12.4. The highest BCUT2D eigenvalue weighted by Gasteiger charge is 2.45. The number of benzene rings is 2. The van der Waals surface area contributed by atoms with E-state index in [0.717, 1.165) is 4.90 Å². The van der Waals surface area contributed by atoms with E-state index >= 15 is 0 Å². The van der Waals surface area contributed by atoms with Gasteiger partial charge in [0.15, 0.2) is 0 Å². The van der Waals surface area contributed by atoms with E-state index in [9.17, 15) is 13.5 Å². The van der Waals surface area contributed by atoms with Crippen LogP contribution in [0, 0.1) is 5.92 Å². The van der Waals surface area contributed by atoms with Crippen LogP contribution in [0.25, 0.3) is 0 Å². The molecule has 2 atom stereocenters. The van der Waals surface area contributed by atoms with Crippen LogP contribution >= 0.6 is 0 Å². The summed E-state index contributed by atoms with van der Waals surface area (Å²) < 4.78 is 77.7. The van der Waals surface area contributed by atoms with Crippen LogP contribution < -0.4 is 4.74 Å². The third kappa shape index (κ3) is 4.98. The van der Waals surface area contributed by atoms with E-state index < -0.39 is 35.6 Å². The Balaban J connectivity index is 1.93. The molecule has 0 aromatic heterocycles. The highest BCUT2D eigenvalue weighted by molar-refractivity contribution is 7.88. The van der Waals surface area contributed by atoms with Crippen LogP contribution in [0.1, 0.15) is 25.8 Å². The predicted octanol–water partition coefficient (Wildman–Crippen LogP) is 2.30. The van der Waals surface area contributed by atoms with Crippen LogP contribution in [-0.4, -0.2) is 63.4 Å². The van der Waals surface area contributed by atoms with Gasteiger partial charge in [-0.3, -0.25) is 0 Å². The molecule has 1 N–H and O–H groups in total. The number of nitrogens with zero attached hydrogens (tertiary/aromatic N) is 2. The van der Waals surface area contributed by atoms with Crippen molar-refractivity contribution in [2.75, 3.05) is 40.7 Å². The number of aliphatic hydroxyl groups is 1. The first kappa shape index (κ1) is 15.0. The molecule has 1 saturated heterocycles. The minimum atomic E-state index is -3.74. The standard InChI is InChI=1S/C22H30N2O4S/c1-23(2)15-20-16-24(29(26,27)17-18-8-5-4-6-9-18)13-12-22(20,25)19-10-7-11-21(14-19)28-3/h4-11,14,20,25H,12-13,15-17H2,1-3H3/i1D3,3D3. The average molecular weight is 425 g/mol. The molecule has 0 spiro atoms. The quantitative estimate of drug-likeness (QED) is 0.739. The predicted molar refractivity (Wildman–Crippen MR) is 114 cm³/mol. The molecule has 2 aromatic carbocycles. The van der Waals surface area contributed by atoms with Gasteiger partial charge >= 0.3 is 0 Å². The fourth-order valence-corrected chi connectivity index (χ4v) is 5.44. The summed E-state index contributed by atoms with van der Waals surface area (Å²) in [7, 11) is -5.04. The average Bonchev–Trinajstić information content (AvgIpc) is 2.74. The normalized spacial score (nSPS) is 27.2. The van der Waals surface area contributed by atoms with Gasteiger partial charge in [0.2, 0.25) is 10.0 Å². The summed E-state index contributed by atoms with van der Waals surface area (Å²) in [6.45, 7) is -2.65. The summed E-state index contributed by atoms with van der Waals surface area (Å²) in [5.41, 5.74) is -0.644. The number of methoxy groups -OCH3 is 1. The molecular formula is C22H30N2O4S. The summed E-state index contributed by atoms with van der Waals surface area (Å²) in [5, 5.41) is 11.8. The first-order chi connectivity index (χ1) is 16.1. The summed E-state index contributed by atoms with van der Waals surface area (Å²) >= 11 is 0. The zero-order valence-electron chi connectivity index (χ0n) is 22.3. The van der Waals surface area contributed by atoms with Crippen molar-refractivity contribution in [1.29, 1.82) is 0 Å². The van der Waals surface area contributed by atoms with E-state index in [1.165, 1.54) is 29.6 Å². The SMILES string of the molecule is [2H]C([2H])([2H])Oc1cccc(C2(O)CCN(S(=O)(=O)Cc3ccccc3)CC2CN(C)C([2H])([2H])[2H])c1. The van der Waals surface area contributed by atoms with Crippen molar-refractivity contribution >= 4 is 10.0 Å². The molecule has 7 heteroatoms. The number of hydrogen-bond acceptors (Lipinski definition) is 5. The molecule has 0 radical (unpaired) electrons. The smallest absolute Gasteiger partial charge is 0.218 e. The van der Waals surface area contributed by atoms with Crippen LogP contribution in [0.4, 0.5) is 0 Å². The van der Waals surface area contributed by atoms with Crippen molar-refractivity contribution in [3.05, 3.63) is 65.7 Å². The molecule has 0 bridgehead atoms. The highest BCUT2D eigenvalue weighted by atomic mass is 32.2. The fourth-order valence-electron chi connectivity index (χ4n) is 3.86. The van der Waals surface area contributed by atoms with E-state index in [1.54, 1.807) is 36.4 Å². The highest BCUT2D eigenvalue weighted by Crippen LogP contribution is 2.40. The zero-order chi connectivity index (χ0) is 26.1. The van der Waals surface area contributed by atoms with Crippen molar-refractivity contribution in [2.45, 2.75) is 17.8 Å². The molecular weight excluding hydrogens is 388 g/mol. The Kier molecular flexibility index (Phi) is 4.56. The van der Waals surface area contributed by atoms with Gasteiger partial charge in [0.25, 0.3) is 0 Å². The molecule has 0 amide bonds. The van der Waals surface area contributed by atoms with Gasteiger partial charge in [-0.05, 0) is 43.7 Å². The lowest BCUT2D eigenvalue weighted by molar-refractivity contribution is -0.0698. The molecule has 1 fully saturated rings. The van der Waals surface area contributed by atoms with Crippen molar-refractivity contribution in [1.82, 2.24) is 9.21 Å². The largest absolute Gasteiger partial charge is 0.497 e. The first-order valence-corrected chi connectivity index (χ1v) is 11.0. The Labute approximate surface area is 182 Å².